The molecule has 0 spiro atoms. The van der Waals surface area contributed by atoms with Gasteiger partial charge in [0.1, 0.15) is 0 Å². The van der Waals surface area contributed by atoms with E-state index in [-0.39, 0.29) is 22.5 Å². The normalized spacial score (nSPS) is 6.67. The second-order valence-electron chi connectivity index (χ2n) is 0.495. The minimum absolute atomic E-state index is 0. The van der Waals surface area contributed by atoms with Gasteiger partial charge in [-0.05, 0) is 0 Å². The van der Waals surface area contributed by atoms with Gasteiger partial charge >= 0.3 is 7.25 Å². The minimum Gasteiger partial charge on any atom is -0.418 e. The third kappa shape index (κ3) is 1870. The fourth-order valence-corrected chi connectivity index (χ4v) is 0. The molecule has 0 rings (SSSR count). The third-order valence-electron chi connectivity index (χ3n) is 0. The zero-order valence-corrected chi connectivity index (χ0v) is 3.31. The smallest absolute Gasteiger partial charge is 0.418 e. The van der Waals surface area contributed by atoms with Gasteiger partial charge in [0.05, 0.1) is 8.41 Å². The van der Waals surface area contributed by atoms with Gasteiger partial charge in [-0.3, -0.25) is 14.1 Å². The molecule has 0 aliphatic rings. The lowest BCUT2D eigenvalue weighted by Gasteiger charge is -1.94. The van der Waals surface area contributed by atoms with Crippen LogP contribution in [0.15, 0.2) is 0 Å². The van der Waals surface area contributed by atoms with Crippen LogP contribution >= 0.6 is 0 Å². The van der Waals surface area contributed by atoms with Crippen molar-refractivity contribution in [2.75, 3.05) is 0 Å². The molecule has 0 aliphatic heterocycles. The summed E-state index contributed by atoms with van der Waals surface area (Å²) in [5.74, 6) is 0. The molecule has 0 aromatic heterocycles. The first-order chi connectivity index (χ1) is 2.00. The number of hydrogen-bond donors (Lipinski definition) is 0. The van der Waals surface area contributed by atoms with E-state index in [0.717, 1.165) is 0 Å². The molecule has 0 amide bonds. The van der Waals surface area contributed by atoms with Crippen LogP contribution in [0.4, 0.5) is 31.4 Å². The Balaban J connectivity index is -0.0000000133. The SMILES string of the molecule is B.F.F.F.F[B-](F)(F)F. The molecule has 0 heterocycles. The third-order valence-corrected chi connectivity index (χ3v) is 0. The van der Waals surface area contributed by atoms with E-state index in [0.29, 0.717) is 0 Å². The second-order valence-corrected chi connectivity index (χ2v) is 0.495. The van der Waals surface area contributed by atoms with Crippen molar-refractivity contribution in [2.24, 2.45) is 0 Å². The molecule has 0 N–H and O–H groups in total. The van der Waals surface area contributed by atoms with E-state index in [4.69, 9.17) is 0 Å². The predicted octanol–water partition coefficient (Wildman–Crippen LogP) is 0.574. The standard InChI is InChI=1S/BF4.BH3.3FH/c2-1(3,4)5;;;;/h;1H3;3*1H/q-1;;;;. The summed E-state index contributed by atoms with van der Waals surface area (Å²) in [7, 11) is -6.00. The average molecular weight is 161 g/mol. The van der Waals surface area contributed by atoms with Crippen LogP contribution in [-0.4, -0.2) is 15.7 Å². The molecule has 0 saturated heterocycles. The zero-order chi connectivity index (χ0) is 4.50. The van der Waals surface area contributed by atoms with Gasteiger partial charge in [0, 0.05) is 0 Å². The molecule has 0 radical (unpaired) electrons. The molecule has 0 aromatic carbocycles. The van der Waals surface area contributed by atoms with E-state index in [1.807, 2.05) is 0 Å². The van der Waals surface area contributed by atoms with Crippen LogP contribution in [0.25, 0.3) is 0 Å². The quantitative estimate of drug-likeness (QED) is 0.359. The van der Waals surface area contributed by atoms with Gasteiger partial charge in [-0.1, -0.05) is 0 Å². The lowest BCUT2D eigenvalue weighted by Crippen LogP contribution is -2.02. The van der Waals surface area contributed by atoms with Crippen LogP contribution in [0, 0.1) is 0 Å². The Morgan fingerprint density at radius 2 is 0.667 bits per heavy atom. The number of halogens is 7. The van der Waals surface area contributed by atoms with Gasteiger partial charge in [0.25, 0.3) is 0 Å². The van der Waals surface area contributed by atoms with Gasteiger partial charge in [-0.25, -0.2) is 0 Å². The number of rotatable bonds is 0. The van der Waals surface area contributed by atoms with Crippen molar-refractivity contribution in [1.82, 2.24) is 0 Å². The summed E-state index contributed by atoms with van der Waals surface area (Å²) in [5.41, 5.74) is 0. The van der Waals surface area contributed by atoms with Crippen molar-refractivity contribution >= 4 is 15.7 Å². The van der Waals surface area contributed by atoms with Crippen LogP contribution < -0.4 is 0 Å². The first kappa shape index (κ1) is 38.1. The summed E-state index contributed by atoms with van der Waals surface area (Å²) in [6.45, 7) is 0. The number of hydrogen-bond acceptors (Lipinski definition) is 0. The van der Waals surface area contributed by atoms with E-state index in [1.54, 1.807) is 0 Å². The average Bonchev–Trinajstić information content (AvgIpc) is 0.722. The van der Waals surface area contributed by atoms with E-state index in [2.05, 4.69) is 0 Å². The van der Waals surface area contributed by atoms with E-state index in [1.165, 1.54) is 0 Å². The highest BCUT2D eigenvalue weighted by Gasteiger charge is 2.20. The lowest BCUT2D eigenvalue weighted by molar-refractivity contribution is 0.368. The predicted molar refractivity (Wildman–Crippen MR) is 27.6 cm³/mol. The summed E-state index contributed by atoms with van der Waals surface area (Å²) in [6.07, 6.45) is 0. The van der Waals surface area contributed by atoms with Crippen molar-refractivity contribution in [2.45, 2.75) is 0 Å². The molecule has 0 unspecified atom stereocenters. The van der Waals surface area contributed by atoms with Crippen molar-refractivity contribution in [3.63, 3.8) is 0 Å². The van der Waals surface area contributed by atoms with Gasteiger partial charge in [0.2, 0.25) is 0 Å². The van der Waals surface area contributed by atoms with Crippen LogP contribution in [-0.2, 0) is 0 Å². The molecule has 0 saturated carbocycles. The maximum atomic E-state index is 9.75. The Bertz CT molecular complexity index is 22.4. The Morgan fingerprint density at radius 1 is 0.667 bits per heavy atom. The fourth-order valence-electron chi connectivity index (χ4n) is 0. The van der Waals surface area contributed by atoms with Crippen LogP contribution in [0.2, 0.25) is 0 Å². The lowest BCUT2D eigenvalue weighted by atomic mass is 10.3. The van der Waals surface area contributed by atoms with Crippen LogP contribution in [0.3, 0.4) is 0 Å². The largest absolute Gasteiger partial charge is 0.673 e. The van der Waals surface area contributed by atoms with Crippen molar-refractivity contribution in [1.29, 1.82) is 0 Å². The molecule has 62 valence electrons. The monoisotopic (exact) mass is 161 g/mol. The maximum Gasteiger partial charge on any atom is 0.673 e. The van der Waals surface area contributed by atoms with Gasteiger partial charge in [-0.15, -0.1) is 0 Å². The van der Waals surface area contributed by atoms with Gasteiger partial charge in [-0.2, -0.15) is 0 Å². The summed E-state index contributed by atoms with van der Waals surface area (Å²) < 4.78 is 39.0. The molecule has 0 atom stereocenters. The fraction of sp³-hybridized carbons (Fsp3) is 0. The summed E-state index contributed by atoms with van der Waals surface area (Å²) in [4.78, 5) is 0. The van der Waals surface area contributed by atoms with E-state index in [9.17, 15) is 17.3 Å². The Kier molecular flexibility index (Phi) is 44.8. The van der Waals surface area contributed by atoms with Crippen LogP contribution in [0.1, 0.15) is 0 Å². The summed E-state index contributed by atoms with van der Waals surface area (Å²) >= 11 is 0. The molecular formula is H6B2F7-. The minimum atomic E-state index is -6.00. The second kappa shape index (κ2) is 10.6. The Labute approximate surface area is 48.4 Å². The first-order valence-electron chi connectivity index (χ1n) is 0.873. The highest BCUT2D eigenvalue weighted by atomic mass is 19.5. The van der Waals surface area contributed by atoms with Crippen LogP contribution in [0.5, 0.6) is 0 Å². The summed E-state index contributed by atoms with van der Waals surface area (Å²) in [6, 6.07) is 0. The Morgan fingerprint density at radius 3 is 0.667 bits per heavy atom. The topological polar surface area (TPSA) is 0 Å². The molecule has 0 nitrogen and oxygen atoms in total. The van der Waals surface area contributed by atoms with Gasteiger partial charge in [0.15, 0.2) is 0 Å². The highest BCUT2D eigenvalue weighted by molar-refractivity contribution is 6.50. The first-order valence-corrected chi connectivity index (χ1v) is 0.873. The van der Waals surface area contributed by atoms with E-state index >= 15 is 0 Å². The molecule has 0 fully saturated rings. The zero-order valence-electron chi connectivity index (χ0n) is 3.31. The van der Waals surface area contributed by atoms with Crippen molar-refractivity contribution in [3.05, 3.63) is 0 Å². The molecule has 9 heteroatoms. The van der Waals surface area contributed by atoms with E-state index < -0.39 is 7.25 Å². The molecule has 0 aliphatic carbocycles. The molecule has 0 bridgehead atoms. The van der Waals surface area contributed by atoms with Crippen molar-refractivity contribution < 1.29 is 31.4 Å². The molecule has 9 heavy (non-hydrogen) atoms. The molecular weight excluding hydrogens is 155 g/mol. The maximum absolute atomic E-state index is 9.75. The Hall–Kier alpha value is -0.360. The highest BCUT2D eigenvalue weighted by Crippen LogP contribution is 2.06. The molecule has 0 aromatic rings. The summed E-state index contributed by atoms with van der Waals surface area (Å²) in [5, 5.41) is 0. The van der Waals surface area contributed by atoms with Crippen molar-refractivity contribution in [3.8, 4) is 0 Å². The van der Waals surface area contributed by atoms with Gasteiger partial charge < -0.3 is 17.3 Å².